The summed E-state index contributed by atoms with van der Waals surface area (Å²) in [7, 11) is 0. The maximum atomic E-state index is 12.2. The average Bonchev–Trinajstić information content (AvgIpc) is 2.44. The zero-order valence-electron chi connectivity index (χ0n) is 14.9. The topological polar surface area (TPSA) is 64.6 Å². The van der Waals surface area contributed by atoms with Gasteiger partial charge in [0.05, 0.1) is 0 Å². The van der Waals surface area contributed by atoms with Crippen molar-refractivity contribution in [1.82, 2.24) is 5.32 Å². The minimum atomic E-state index is -0.936. The Morgan fingerprint density at radius 1 is 1.25 bits per heavy atom. The van der Waals surface area contributed by atoms with Gasteiger partial charge in [-0.15, -0.1) is 12.3 Å². The molecule has 0 fully saturated rings. The van der Waals surface area contributed by atoms with Gasteiger partial charge in [0.25, 0.3) is 0 Å². The first-order chi connectivity index (χ1) is 11.1. The number of carbonyl (C=O) groups is 2. The monoisotopic (exact) mass is 331 g/mol. The number of terminal acetylenes is 1. The number of benzene rings is 1. The van der Waals surface area contributed by atoms with Gasteiger partial charge in [-0.3, -0.25) is 0 Å². The summed E-state index contributed by atoms with van der Waals surface area (Å²) in [6, 6.07) is 4.91. The fourth-order valence-corrected chi connectivity index (χ4v) is 2.08. The second kappa shape index (κ2) is 8.39. The number of carbonyl (C=O) groups excluding carboxylic acids is 2. The number of hydrogen-bond acceptors (Lipinski definition) is 4. The minimum Gasteiger partial charge on any atom is -0.459 e. The Labute approximate surface area is 143 Å². The van der Waals surface area contributed by atoms with Crippen LogP contribution < -0.4 is 5.32 Å². The summed E-state index contributed by atoms with van der Waals surface area (Å²) >= 11 is 0. The summed E-state index contributed by atoms with van der Waals surface area (Å²) in [4.78, 5) is 24.1. The van der Waals surface area contributed by atoms with Gasteiger partial charge in [-0.05, 0) is 51.3 Å². The number of aryl methyl sites for hydroxylation is 2. The van der Waals surface area contributed by atoms with E-state index < -0.39 is 23.7 Å². The summed E-state index contributed by atoms with van der Waals surface area (Å²) in [5, 5.41) is 2.46. The van der Waals surface area contributed by atoms with Gasteiger partial charge in [0, 0.05) is 6.42 Å². The van der Waals surface area contributed by atoms with Gasteiger partial charge in [-0.1, -0.05) is 18.2 Å². The predicted octanol–water partition coefficient (Wildman–Crippen LogP) is 3.26. The molecule has 0 aliphatic heterocycles. The van der Waals surface area contributed by atoms with Crippen LogP contribution in [0.4, 0.5) is 4.79 Å². The van der Waals surface area contributed by atoms with Crippen molar-refractivity contribution < 1.29 is 19.1 Å². The standard InChI is InChI=1S/C19H25NO4/c1-7-9-16(20-18(22)24-19(4,5)6)17(21)23-12-15-13(2)10-8-11-14(15)3/h1,8,10-11,16H,9,12H2,2-6H3,(H,20,22). The normalized spacial score (nSPS) is 12.0. The molecule has 0 spiro atoms. The molecule has 0 aliphatic carbocycles. The minimum absolute atomic E-state index is 0.0326. The van der Waals surface area contributed by atoms with Crippen LogP contribution >= 0.6 is 0 Å². The van der Waals surface area contributed by atoms with E-state index >= 15 is 0 Å². The van der Waals surface area contributed by atoms with E-state index in [1.165, 1.54) is 0 Å². The number of hydrogen-bond donors (Lipinski definition) is 1. The van der Waals surface area contributed by atoms with Crippen molar-refractivity contribution in [2.75, 3.05) is 0 Å². The number of amides is 1. The molecule has 5 nitrogen and oxygen atoms in total. The third-order valence-corrected chi connectivity index (χ3v) is 3.30. The lowest BCUT2D eigenvalue weighted by molar-refractivity contribution is -0.147. The molecule has 1 atom stereocenters. The van der Waals surface area contributed by atoms with Gasteiger partial charge in [0.1, 0.15) is 18.2 Å². The molecule has 130 valence electrons. The average molecular weight is 331 g/mol. The lowest BCUT2D eigenvalue weighted by Crippen LogP contribution is -2.44. The lowest BCUT2D eigenvalue weighted by atomic mass is 10.0. The van der Waals surface area contributed by atoms with Gasteiger partial charge in [-0.25, -0.2) is 9.59 Å². The maximum absolute atomic E-state index is 12.2. The van der Waals surface area contributed by atoms with Crippen LogP contribution in [0.25, 0.3) is 0 Å². The molecule has 5 heteroatoms. The summed E-state index contributed by atoms with van der Waals surface area (Å²) < 4.78 is 10.5. The van der Waals surface area contributed by atoms with Crippen LogP contribution in [0.2, 0.25) is 0 Å². The molecule has 0 bridgehead atoms. The van der Waals surface area contributed by atoms with Crippen molar-refractivity contribution in [1.29, 1.82) is 0 Å². The zero-order valence-corrected chi connectivity index (χ0v) is 14.9. The van der Waals surface area contributed by atoms with E-state index in [9.17, 15) is 9.59 Å². The molecule has 0 saturated heterocycles. The van der Waals surface area contributed by atoms with E-state index in [2.05, 4.69) is 11.2 Å². The Balaban J connectivity index is 2.70. The number of rotatable bonds is 5. The molecule has 0 aromatic heterocycles. The first-order valence-corrected chi connectivity index (χ1v) is 7.78. The van der Waals surface area contributed by atoms with E-state index in [0.717, 1.165) is 16.7 Å². The zero-order chi connectivity index (χ0) is 18.3. The molecule has 0 aliphatic rings. The van der Waals surface area contributed by atoms with Crippen molar-refractivity contribution in [3.63, 3.8) is 0 Å². The Bertz CT molecular complexity index is 617. The van der Waals surface area contributed by atoms with Crippen molar-refractivity contribution in [3.05, 3.63) is 34.9 Å². The van der Waals surface area contributed by atoms with Crippen LogP contribution in [0.3, 0.4) is 0 Å². The molecule has 1 aromatic carbocycles. The molecule has 1 unspecified atom stereocenters. The lowest BCUT2D eigenvalue weighted by Gasteiger charge is -2.22. The first-order valence-electron chi connectivity index (χ1n) is 7.78. The molecule has 1 rings (SSSR count). The maximum Gasteiger partial charge on any atom is 0.408 e. The third kappa shape index (κ3) is 6.33. The largest absolute Gasteiger partial charge is 0.459 e. The highest BCUT2D eigenvalue weighted by Crippen LogP contribution is 2.15. The Morgan fingerprint density at radius 2 is 1.83 bits per heavy atom. The number of alkyl carbamates (subject to hydrolysis) is 1. The molecule has 1 aromatic rings. The van der Waals surface area contributed by atoms with Crippen LogP contribution in [0.1, 0.15) is 43.9 Å². The van der Waals surface area contributed by atoms with Crippen LogP contribution in [-0.2, 0) is 20.9 Å². The van der Waals surface area contributed by atoms with E-state index in [1.807, 2.05) is 32.0 Å². The highest BCUT2D eigenvalue weighted by atomic mass is 16.6. The van der Waals surface area contributed by atoms with E-state index in [0.29, 0.717) is 0 Å². The first kappa shape index (κ1) is 19.6. The smallest absolute Gasteiger partial charge is 0.408 e. The highest BCUT2D eigenvalue weighted by Gasteiger charge is 2.25. The second-order valence-electron chi connectivity index (χ2n) is 6.59. The number of esters is 1. The van der Waals surface area contributed by atoms with Crippen LogP contribution in [0.15, 0.2) is 18.2 Å². The number of ether oxygens (including phenoxy) is 2. The van der Waals surface area contributed by atoms with Crippen molar-refractivity contribution in [2.45, 2.75) is 59.3 Å². The van der Waals surface area contributed by atoms with Gasteiger partial charge >= 0.3 is 12.1 Å². The molecule has 0 radical (unpaired) electrons. The fourth-order valence-electron chi connectivity index (χ4n) is 2.08. The molecule has 0 heterocycles. The summed E-state index contributed by atoms with van der Waals surface area (Å²) in [6.07, 6.45) is 4.61. The Hall–Kier alpha value is -2.48. The fraction of sp³-hybridized carbons (Fsp3) is 0.474. The predicted molar refractivity (Wildman–Crippen MR) is 92.3 cm³/mol. The quantitative estimate of drug-likeness (QED) is 0.664. The molecular formula is C19H25NO4. The highest BCUT2D eigenvalue weighted by molar-refractivity contribution is 5.81. The van der Waals surface area contributed by atoms with Crippen molar-refractivity contribution in [2.24, 2.45) is 0 Å². The van der Waals surface area contributed by atoms with Gasteiger partial charge in [-0.2, -0.15) is 0 Å². The van der Waals surface area contributed by atoms with Crippen LogP contribution in [0.5, 0.6) is 0 Å². The summed E-state index contributed by atoms with van der Waals surface area (Å²) in [5.74, 6) is 1.78. The molecular weight excluding hydrogens is 306 g/mol. The van der Waals surface area contributed by atoms with Gasteiger partial charge in [0.2, 0.25) is 0 Å². The Morgan fingerprint density at radius 3 is 2.33 bits per heavy atom. The van der Waals surface area contributed by atoms with Crippen LogP contribution in [-0.4, -0.2) is 23.7 Å². The van der Waals surface area contributed by atoms with Crippen molar-refractivity contribution >= 4 is 12.1 Å². The summed E-state index contributed by atoms with van der Waals surface area (Å²) in [5.41, 5.74) is 2.36. The molecule has 24 heavy (non-hydrogen) atoms. The van der Waals surface area contributed by atoms with Crippen LogP contribution in [0, 0.1) is 26.2 Å². The van der Waals surface area contributed by atoms with E-state index in [4.69, 9.17) is 15.9 Å². The Kier molecular flexibility index (Phi) is 6.84. The number of nitrogens with one attached hydrogen (secondary N) is 1. The summed E-state index contributed by atoms with van der Waals surface area (Å²) in [6.45, 7) is 9.25. The van der Waals surface area contributed by atoms with Gasteiger partial charge in [0.15, 0.2) is 0 Å². The third-order valence-electron chi connectivity index (χ3n) is 3.30. The molecule has 0 saturated carbocycles. The van der Waals surface area contributed by atoms with Gasteiger partial charge < -0.3 is 14.8 Å². The van der Waals surface area contributed by atoms with E-state index in [1.54, 1.807) is 20.8 Å². The second-order valence-corrected chi connectivity index (χ2v) is 6.59. The van der Waals surface area contributed by atoms with Crippen molar-refractivity contribution in [3.8, 4) is 12.3 Å². The molecule has 1 N–H and O–H groups in total. The van der Waals surface area contributed by atoms with E-state index in [-0.39, 0.29) is 13.0 Å². The SMILES string of the molecule is C#CCC(NC(=O)OC(C)(C)C)C(=O)OCc1c(C)cccc1C. The molecule has 1 amide bonds.